The van der Waals surface area contributed by atoms with Crippen molar-refractivity contribution in [3.05, 3.63) is 78.1 Å². The lowest BCUT2D eigenvalue weighted by atomic mass is 9.94. The Morgan fingerprint density at radius 3 is 2.45 bits per heavy atom. The van der Waals surface area contributed by atoms with Gasteiger partial charge in [0.25, 0.3) is 0 Å². The second kappa shape index (κ2) is 9.21. The highest BCUT2D eigenvalue weighted by molar-refractivity contribution is 5.92. The molecular formula is C26H28N2O3. The Morgan fingerprint density at radius 2 is 1.74 bits per heavy atom. The van der Waals surface area contributed by atoms with Gasteiger partial charge < -0.3 is 14.2 Å². The first-order chi connectivity index (χ1) is 15.0. The summed E-state index contributed by atoms with van der Waals surface area (Å²) >= 11 is 0. The van der Waals surface area contributed by atoms with E-state index in [4.69, 9.17) is 4.42 Å². The van der Waals surface area contributed by atoms with Crippen LogP contribution in [0.3, 0.4) is 0 Å². The normalized spacial score (nSPS) is 16.0. The fourth-order valence-electron chi connectivity index (χ4n) is 4.06. The first kappa shape index (κ1) is 20.9. The summed E-state index contributed by atoms with van der Waals surface area (Å²) in [5.41, 5.74) is 1.84. The van der Waals surface area contributed by atoms with Crippen molar-refractivity contribution in [2.45, 2.75) is 25.8 Å². The van der Waals surface area contributed by atoms with E-state index in [1.165, 1.54) is 0 Å². The maximum Gasteiger partial charge on any atom is 0.246 e. The molecule has 0 radical (unpaired) electrons. The van der Waals surface area contributed by atoms with Crippen LogP contribution >= 0.6 is 0 Å². The lowest BCUT2D eigenvalue weighted by Gasteiger charge is -2.34. The van der Waals surface area contributed by atoms with Crippen molar-refractivity contribution in [2.75, 3.05) is 20.1 Å². The molecule has 1 fully saturated rings. The molecule has 2 aromatic carbocycles. The number of nitrogens with zero attached hydrogens (tertiary/aromatic N) is 2. The number of likely N-dealkylation sites (tertiary alicyclic amines) is 1. The van der Waals surface area contributed by atoms with E-state index in [0.29, 0.717) is 25.9 Å². The molecule has 0 spiro atoms. The number of para-hydroxylation sites is 1. The van der Waals surface area contributed by atoms with E-state index in [2.05, 4.69) is 0 Å². The summed E-state index contributed by atoms with van der Waals surface area (Å²) in [4.78, 5) is 29.2. The van der Waals surface area contributed by atoms with Crippen molar-refractivity contribution in [2.24, 2.45) is 5.92 Å². The minimum atomic E-state index is -0.145. The summed E-state index contributed by atoms with van der Waals surface area (Å²) in [6, 6.07) is 19.5. The maximum atomic E-state index is 13.1. The molecule has 0 aliphatic carbocycles. The van der Waals surface area contributed by atoms with E-state index in [1.54, 1.807) is 11.0 Å². The summed E-state index contributed by atoms with van der Waals surface area (Å²) in [5.74, 6) is 0.827. The third-order valence-corrected chi connectivity index (χ3v) is 6.16. The molecule has 1 atom stereocenters. The molecule has 1 aromatic heterocycles. The Kier molecular flexibility index (Phi) is 6.21. The van der Waals surface area contributed by atoms with Crippen LogP contribution in [-0.2, 0) is 9.59 Å². The monoisotopic (exact) mass is 416 g/mol. The molecule has 0 unspecified atom stereocenters. The summed E-state index contributed by atoms with van der Waals surface area (Å²) in [5, 5.41) is 1.04. The predicted octanol–water partition coefficient (Wildman–Crippen LogP) is 4.90. The molecule has 2 heterocycles. The van der Waals surface area contributed by atoms with Crippen LogP contribution in [0.4, 0.5) is 0 Å². The number of rotatable bonds is 5. The molecule has 2 amide bonds. The summed E-state index contributed by atoms with van der Waals surface area (Å²) < 4.78 is 5.95. The van der Waals surface area contributed by atoms with E-state index < -0.39 is 0 Å². The Hall–Kier alpha value is -3.34. The van der Waals surface area contributed by atoms with Gasteiger partial charge in [0.15, 0.2) is 0 Å². The van der Waals surface area contributed by atoms with Crippen molar-refractivity contribution in [1.29, 1.82) is 0 Å². The molecule has 5 heteroatoms. The molecule has 160 valence electrons. The molecular weight excluding hydrogens is 388 g/mol. The molecule has 1 aliphatic rings. The van der Waals surface area contributed by atoms with E-state index in [0.717, 1.165) is 22.3 Å². The minimum absolute atomic E-state index is 0.00116. The fraction of sp³-hybridized carbons (Fsp3) is 0.308. The Labute approximate surface area is 182 Å². The van der Waals surface area contributed by atoms with Crippen molar-refractivity contribution in [1.82, 2.24) is 9.80 Å². The number of carbonyl (C=O) groups is 2. The molecule has 0 bridgehead atoms. The predicted molar refractivity (Wildman–Crippen MR) is 122 cm³/mol. The lowest BCUT2D eigenvalue weighted by molar-refractivity contribution is -0.140. The minimum Gasteiger partial charge on any atom is -0.459 e. The zero-order valence-corrected chi connectivity index (χ0v) is 18.0. The zero-order valence-electron chi connectivity index (χ0n) is 18.0. The van der Waals surface area contributed by atoms with E-state index in [9.17, 15) is 9.59 Å². The molecule has 0 N–H and O–H groups in total. The first-order valence-electron chi connectivity index (χ1n) is 10.8. The standard InChI is InChI=1S/C26H28N2O3/c1-19(24-18-22-10-6-7-11-23(22)31-24)27(2)26(30)21-14-16-28(17-15-21)25(29)13-12-20-8-4-3-5-9-20/h3-13,18-19,21H,14-17H2,1-2H3/b13-12+/t19-/m0/s1. The van der Waals surface area contributed by atoms with Crippen LogP contribution in [0.5, 0.6) is 0 Å². The molecule has 1 aliphatic heterocycles. The van der Waals surface area contributed by atoms with Gasteiger partial charge in [0, 0.05) is 37.5 Å². The largest absolute Gasteiger partial charge is 0.459 e. The van der Waals surface area contributed by atoms with Crippen molar-refractivity contribution in [3.8, 4) is 0 Å². The van der Waals surface area contributed by atoms with Crippen LogP contribution < -0.4 is 0 Å². The van der Waals surface area contributed by atoms with E-state index in [1.807, 2.05) is 85.6 Å². The van der Waals surface area contributed by atoms with Crippen molar-refractivity contribution < 1.29 is 14.0 Å². The van der Waals surface area contributed by atoms with Gasteiger partial charge in [-0.25, -0.2) is 0 Å². The smallest absolute Gasteiger partial charge is 0.246 e. The van der Waals surface area contributed by atoms with Crippen LogP contribution in [0, 0.1) is 5.92 Å². The summed E-state index contributed by atoms with van der Waals surface area (Å²) in [6.07, 6.45) is 4.82. The average Bonchev–Trinajstić information content (AvgIpc) is 3.26. The molecule has 31 heavy (non-hydrogen) atoms. The van der Waals surface area contributed by atoms with Crippen molar-refractivity contribution >= 4 is 28.9 Å². The number of fused-ring (bicyclic) bond motifs is 1. The number of carbonyl (C=O) groups excluding carboxylic acids is 2. The number of benzene rings is 2. The van der Waals surface area contributed by atoms with E-state index in [-0.39, 0.29) is 23.8 Å². The Morgan fingerprint density at radius 1 is 1.06 bits per heavy atom. The highest BCUT2D eigenvalue weighted by Crippen LogP contribution is 2.29. The van der Waals surface area contributed by atoms with Crippen LogP contribution in [0.2, 0.25) is 0 Å². The second-order valence-corrected chi connectivity index (χ2v) is 8.16. The van der Waals surface area contributed by atoms with Crippen LogP contribution in [-0.4, -0.2) is 41.8 Å². The first-order valence-corrected chi connectivity index (χ1v) is 10.8. The van der Waals surface area contributed by atoms with Gasteiger partial charge in [-0.15, -0.1) is 0 Å². The van der Waals surface area contributed by atoms with Crippen LogP contribution in [0.25, 0.3) is 17.0 Å². The van der Waals surface area contributed by atoms with Gasteiger partial charge in [0.05, 0.1) is 6.04 Å². The zero-order chi connectivity index (χ0) is 21.8. The molecule has 1 saturated heterocycles. The van der Waals surface area contributed by atoms with Gasteiger partial charge >= 0.3 is 0 Å². The highest BCUT2D eigenvalue weighted by Gasteiger charge is 2.31. The lowest BCUT2D eigenvalue weighted by Crippen LogP contribution is -2.43. The topological polar surface area (TPSA) is 53.8 Å². The molecule has 5 nitrogen and oxygen atoms in total. The van der Waals surface area contributed by atoms with Crippen LogP contribution in [0.1, 0.15) is 37.1 Å². The molecule has 0 saturated carbocycles. The summed E-state index contributed by atoms with van der Waals surface area (Å²) in [6.45, 7) is 3.19. The highest BCUT2D eigenvalue weighted by atomic mass is 16.3. The number of hydrogen-bond donors (Lipinski definition) is 0. The third-order valence-electron chi connectivity index (χ3n) is 6.16. The number of piperidine rings is 1. The van der Waals surface area contributed by atoms with E-state index >= 15 is 0 Å². The van der Waals surface area contributed by atoms with Gasteiger partial charge in [0.1, 0.15) is 11.3 Å². The SMILES string of the molecule is C[C@@H](c1cc2ccccc2o1)N(C)C(=O)C1CCN(C(=O)/C=C/c2ccccc2)CC1. The van der Waals surface area contributed by atoms with Gasteiger partial charge in [-0.1, -0.05) is 48.5 Å². The number of amides is 2. The average molecular weight is 417 g/mol. The molecule has 4 rings (SSSR count). The van der Waals surface area contributed by atoms with Gasteiger partial charge in [0.2, 0.25) is 11.8 Å². The fourth-order valence-corrected chi connectivity index (χ4v) is 4.06. The maximum absolute atomic E-state index is 13.1. The Balaban J connectivity index is 1.33. The Bertz CT molecular complexity index is 1050. The molecule has 3 aromatic rings. The summed E-state index contributed by atoms with van der Waals surface area (Å²) in [7, 11) is 1.83. The van der Waals surface area contributed by atoms with Gasteiger partial charge in [-0.05, 0) is 43.5 Å². The van der Waals surface area contributed by atoms with Gasteiger partial charge in [-0.3, -0.25) is 9.59 Å². The van der Waals surface area contributed by atoms with Crippen molar-refractivity contribution in [3.63, 3.8) is 0 Å². The quantitative estimate of drug-likeness (QED) is 0.556. The third kappa shape index (κ3) is 4.71. The second-order valence-electron chi connectivity index (χ2n) is 8.16. The number of furan rings is 1. The van der Waals surface area contributed by atoms with Crippen LogP contribution in [0.15, 0.2) is 71.2 Å². The van der Waals surface area contributed by atoms with Gasteiger partial charge in [-0.2, -0.15) is 0 Å². The number of hydrogen-bond acceptors (Lipinski definition) is 3.